The molecule has 4 rings (SSSR count). The van der Waals surface area contributed by atoms with Gasteiger partial charge in [-0.1, -0.05) is 36.0 Å². The molecule has 0 radical (unpaired) electrons. The monoisotopic (exact) mass is 496 g/mol. The van der Waals surface area contributed by atoms with Gasteiger partial charge in [0.05, 0.1) is 34.8 Å². The highest BCUT2D eigenvalue weighted by Crippen LogP contribution is 2.29. The van der Waals surface area contributed by atoms with Crippen LogP contribution in [-0.2, 0) is 14.8 Å². The highest BCUT2D eigenvalue weighted by molar-refractivity contribution is 7.99. The van der Waals surface area contributed by atoms with Crippen molar-refractivity contribution in [3.05, 3.63) is 78.4 Å². The number of carbonyl (C=O) groups is 1. The summed E-state index contributed by atoms with van der Waals surface area (Å²) in [6.45, 7) is 1.83. The Kier molecular flexibility index (Phi) is 6.92. The van der Waals surface area contributed by atoms with Crippen LogP contribution in [0.3, 0.4) is 0 Å². The molecule has 3 N–H and O–H groups in total. The van der Waals surface area contributed by atoms with Gasteiger partial charge in [-0.05, 0) is 61.0 Å². The molecule has 0 spiro atoms. The van der Waals surface area contributed by atoms with Gasteiger partial charge < -0.3 is 10.1 Å². The molecular weight excluding hydrogens is 472 g/mol. The van der Waals surface area contributed by atoms with Crippen molar-refractivity contribution in [2.75, 3.05) is 12.9 Å². The van der Waals surface area contributed by atoms with E-state index in [-0.39, 0.29) is 22.6 Å². The molecule has 34 heavy (non-hydrogen) atoms. The van der Waals surface area contributed by atoms with Gasteiger partial charge >= 0.3 is 0 Å². The van der Waals surface area contributed by atoms with E-state index in [1.165, 1.54) is 23.9 Å². The Bertz CT molecular complexity index is 1420. The van der Waals surface area contributed by atoms with Gasteiger partial charge in [-0.15, -0.1) is 0 Å². The molecule has 0 unspecified atom stereocenters. The van der Waals surface area contributed by atoms with Crippen LogP contribution in [0.25, 0.3) is 16.7 Å². The number of para-hydroxylation sites is 2. The van der Waals surface area contributed by atoms with Crippen molar-refractivity contribution in [1.82, 2.24) is 14.9 Å². The van der Waals surface area contributed by atoms with Gasteiger partial charge in [0.15, 0.2) is 5.16 Å². The lowest BCUT2D eigenvalue weighted by Crippen LogP contribution is -2.28. The first kappa shape index (κ1) is 23.8. The first-order chi connectivity index (χ1) is 16.3. The molecule has 10 heteroatoms. The number of aromatic nitrogens is 2. The molecule has 0 saturated carbocycles. The Morgan fingerprint density at radius 2 is 1.76 bits per heavy atom. The molecule has 0 fully saturated rings. The number of amides is 1. The van der Waals surface area contributed by atoms with Gasteiger partial charge in [0.25, 0.3) is 0 Å². The second-order valence-corrected chi connectivity index (χ2v) is 10.1. The van der Waals surface area contributed by atoms with Gasteiger partial charge in [-0.25, -0.2) is 18.5 Å². The predicted molar refractivity (Wildman–Crippen MR) is 133 cm³/mol. The summed E-state index contributed by atoms with van der Waals surface area (Å²) >= 11 is 1.34. The van der Waals surface area contributed by atoms with Crippen molar-refractivity contribution in [3.8, 4) is 11.4 Å². The van der Waals surface area contributed by atoms with Gasteiger partial charge in [0.2, 0.25) is 15.9 Å². The van der Waals surface area contributed by atoms with Crippen LogP contribution in [-0.4, -0.2) is 36.7 Å². The van der Waals surface area contributed by atoms with Gasteiger partial charge in [-0.2, -0.15) is 0 Å². The maximum Gasteiger partial charge on any atom is 0.238 e. The van der Waals surface area contributed by atoms with E-state index in [0.29, 0.717) is 5.16 Å². The lowest BCUT2D eigenvalue weighted by atomic mass is 10.1. The van der Waals surface area contributed by atoms with Gasteiger partial charge in [0.1, 0.15) is 5.75 Å². The van der Waals surface area contributed by atoms with Crippen molar-refractivity contribution >= 4 is 38.7 Å². The number of imidazole rings is 1. The van der Waals surface area contributed by atoms with E-state index in [2.05, 4.69) is 5.32 Å². The predicted octanol–water partition coefficient (Wildman–Crippen LogP) is 3.65. The third kappa shape index (κ3) is 5.24. The van der Waals surface area contributed by atoms with Crippen molar-refractivity contribution in [3.63, 3.8) is 0 Å². The van der Waals surface area contributed by atoms with Crippen LogP contribution in [0.15, 0.2) is 82.8 Å². The van der Waals surface area contributed by atoms with Crippen LogP contribution in [0.1, 0.15) is 18.5 Å². The van der Waals surface area contributed by atoms with Crippen molar-refractivity contribution < 1.29 is 17.9 Å². The standard InChI is InChI=1S/C24H24N4O4S2/c1-16(17-7-13-20(14-8-17)34(25,30)31)26-23(29)15-33-24-27-21-5-3-4-6-22(21)28(24)18-9-11-19(32-2)12-10-18/h3-14,16H,15H2,1-2H3,(H,26,29)(H2,25,30,31)/t16-/m0/s1. The Hall–Kier alpha value is -3.34. The topological polar surface area (TPSA) is 116 Å². The molecular formula is C24H24N4O4S2. The SMILES string of the molecule is COc1ccc(-n2c(SCC(=O)N[C@@H](C)c3ccc(S(N)(=O)=O)cc3)nc3ccccc32)cc1. The van der Waals surface area contributed by atoms with Crippen LogP contribution in [0.5, 0.6) is 5.75 Å². The van der Waals surface area contributed by atoms with E-state index in [0.717, 1.165) is 28.0 Å². The molecule has 8 nitrogen and oxygen atoms in total. The van der Waals surface area contributed by atoms with E-state index >= 15 is 0 Å². The lowest BCUT2D eigenvalue weighted by Gasteiger charge is -2.15. The fraction of sp³-hybridized carbons (Fsp3) is 0.167. The Morgan fingerprint density at radius 1 is 1.09 bits per heavy atom. The van der Waals surface area contributed by atoms with Gasteiger partial charge in [-0.3, -0.25) is 9.36 Å². The minimum absolute atomic E-state index is 0.0303. The van der Waals surface area contributed by atoms with Gasteiger partial charge in [0, 0.05) is 5.69 Å². The minimum Gasteiger partial charge on any atom is -0.497 e. The van der Waals surface area contributed by atoms with Crippen LogP contribution in [0.2, 0.25) is 0 Å². The minimum atomic E-state index is -3.76. The zero-order valence-corrected chi connectivity index (χ0v) is 20.3. The maximum absolute atomic E-state index is 12.7. The number of ether oxygens (including phenoxy) is 1. The van der Waals surface area contributed by atoms with E-state index in [9.17, 15) is 13.2 Å². The fourth-order valence-corrected chi connectivity index (χ4v) is 4.88. The lowest BCUT2D eigenvalue weighted by molar-refractivity contribution is -0.119. The first-order valence-electron chi connectivity index (χ1n) is 10.4. The van der Waals surface area contributed by atoms with Crippen LogP contribution < -0.4 is 15.2 Å². The number of benzene rings is 3. The average molecular weight is 497 g/mol. The number of rotatable bonds is 8. The normalized spacial score (nSPS) is 12.4. The molecule has 176 valence electrons. The summed E-state index contributed by atoms with van der Waals surface area (Å²) in [5.74, 6) is 0.758. The zero-order valence-electron chi connectivity index (χ0n) is 18.6. The number of methoxy groups -OCH3 is 1. The first-order valence-corrected chi connectivity index (χ1v) is 13.0. The van der Waals surface area contributed by atoms with E-state index in [1.807, 2.05) is 60.0 Å². The van der Waals surface area contributed by atoms with Crippen LogP contribution >= 0.6 is 11.8 Å². The summed E-state index contributed by atoms with van der Waals surface area (Å²) in [6, 6.07) is 21.3. The number of hydrogen-bond acceptors (Lipinski definition) is 6. The second-order valence-electron chi connectivity index (χ2n) is 7.61. The molecule has 0 saturated heterocycles. The molecule has 0 bridgehead atoms. The second kappa shape index (κ2) is 9.88. The highest BCUT2D eigenvalue weighted by atomic mass is 32.2. The third-order valence-electron chi connectivity index (χ3n) is 5.28. The number of fused-ring (bicyclic) bond motifs is 1. The summed E-state index contributed by atoms with van der Waals surface area (Å²) in [5.41, 5.74) is 3.47. The molecule has 3 aromatic carbocycles. The van der Waals surface area contributed by atoms with Crippen molar-refractivity contribution in [2.45, 2.75) is 23.0 Å². The van der Waals surface area contributed by atoms with Crippen LogP contribution in [0, 0.1) is 0 Å². The largest absolute Gasteiger partial charge is 0.497 e. The molecule has 1 atom stereocenters. The molecule has 0 aliphatic rings. The summed E-state index contributed by atoms with van der Waals surface area (Å²) in [6.07, 6.45) is 0. The number of nitrogens with zero attached hydrogens (tertiary/aromatic N) is 2. The highest BCUT2D eigenvalue weighted by Gasteiger charge is 2.16. The molecule has 1 heterocycles. The Balaban J connectivity index is 1.49. The molecule has 1 aromatic heterocycles. The third-order valence-corrected chi connectivity index (χ3v) is 7.15. The molecule has 1 amide bonds. The maximum atomic E-state index is 12.7. The van der Waals surface area contributed by atoms with E-state index in [1.54, 1.807) is 19.2 Å². The number of hydrogen-bond donors (Lipinski definition) is 2. The molecule has 0 aliphatic heterocycles. The number of nitrogens with two attached hydrogens (primary N) is 1. The summed E-state index contributed by atoms with van der Waals surface area (Å²) in [7, 11) is -2.13. The number of carbonyl (C=O) groups excluding carboxylic acids is 1. The summed E-state index contributed by atoms with van der Waals surface area (Å²) in [5, 5.41) is 8.78. The van der Waals surface area contributed by atoms with Crippen LogP contribution in [0.4, 0.5) is 0 Å². The molecule has 0 aliphatic carbocycles. The number of nitrogens with one attached hydrogen (secondary N) is 1. The van der Waals surface area contributed by atoms with E-state index < -0.39 is 10.0 Å². The van der Waals surface area contributed by atoms with Crippen molar-refractivity contribution in [1.29, 1.82) is 0 Å². The Labute approximate surface area is 202 Å². The van der Waals surface area contributed by atoms with E-state index in [4.69, 9.17) is 14.9 Å². The zero-order chi connectivity index (χ0) is 24.3. The number of thioether (sulfide) groups is 1. The summed E-state index contributed by atoms with van der Waals surface area (Å²) < 4.78 is 30.1. The van der Waals surface area contributed by atoms with Crippen molar-refractivity contribution in [2.24, 2.45) is 5.14 Å². The smallest absolute Gasteiger partial charge is 0.238 e. The molecule has 4 aromatic rings. The fourth-order valence-electron chi connectivity index (χ4n) is 3.52. The number of primary sulfonamides is 1. The quantitative estimate of drug-likeness (QED) is 0.360. The Morgan fingerprint density at radius 3 is 2.41 bits per heavy atom. The average Bonchev–Trinajstić information content (AvgIpc) is 3.20. The number of sulfonamides is 1. The summed E-state index contributed by atoms with van der Waals surface area (Å²) in [4.78, 5) is 17.4.